The first kappa shape index (κ1) is 14.8. The zero-order chi connectivity index (χ0) is 13.7. The van der Waals surface area contributed by atoms with E-state index in [0.717, 1.165) is 51.9 Å². The molecule has 2 fully saturated rings. The van der Waals surface area contributed by atoms with E-state index in [0.29, 0.717) is 12.6 Å². The third-order valence-corrected chi connectivity index (χ3v) is 4.52. The fourth-order valence-corrected chi connectivity index (χ4v) is 3.11. The molecule has 0 aromatic carbocycles. The Bertz CT molecular complexity index is 290. The van der Waals surface area contributed by atoms with Crippen LogP contribution >= 0.6 is 0 Å². The molecule has 0 atom stereocenters. The van der Waals surface area contributed by atoms with Crippen LogP contribution in [0.15, 0.2) is 0 Å². The molecule has 5 heteroatoms. The number of rotatable bonds is 4. The van der Waals surface area contributed by atoms with Crippen LogP contribution in [0.5, 0.6) is 0 Å². The van der Waals surface area contributed by atoms with Crippen molar-refractivity contribution in [2.45, 2.75) is 31.7 Å². The highest BCUT2D eigenvalue weighted by molar-refractivity contribution is 5.83. The topological polar surface area (TPSA) is 53.6 Å². The van der Waals surface area contributed by atoms with Gasteiger partial charge in [0.1, 0.15) is 0 Å². The Hall–Kier alpha value is -0.650. The van der Waals surface area contributed by atoms with Crippen molar-refractivity contribution in [2.24, 2.45) is 5.41 Å². The zero-order valence-electron chi connectivity index (χ0n) is 12.2. The van der Waals surface area contributed by atoms with E-state index in [1.807, 2.05) is 0 Å². The van der Waals surface area contributed by atoms with Crippen LogP contribution in [0.4, 0.5) is 0 Å². The SMILES string of the molecule is COCC1(C(=O)NC2CCN(C)CC2)CCNCC1. The summed E-state index contributed by atoms with van der Waals surface area (Å²) in [7, 11) is 3.82. The molecule has 2 rings (SSSR count). The maximum absolute atomic E-state index is 12.6. The van der Waals surface area contributed by atoms with Gasteiger partial charge in [0.15, 0.2) is 0 Å². The number of hydrogen-bond acceptors (Lipinski definition) is 4. The van der Waals surface area contributed by atoms with E-state index in [-0.39, 0.29) is 11.3 Å². The molecule has 5 nitrogen and oxygen atoms in total. The Labute approximate surface area is 116 Å². The molecule has 2 aliphatic rings. The molecule has 2 aliphatic heterocycles. The average molecular weight is 269 g/mol. The maximum Gasteiger partial charge on any atom is 0.228 e. The number of nitrogens with zero attached hydrogens (tertiary/aromatic N) is 1. The quantitative estimate of drug-likeness (QED) is 0.766. The summed E-state index contributed by atoms with van der Waals surface area (Å²) in [5.41, 5.74) is -0.316. The molecule has 0 radical (unpaired) electrons. The predicted octanol–water partition coefficient (Wildman–Crippen LogP) is 0.213. The Balaban J connectivity index is 1.92. The highest BCUT2D eigenvalue weighted by Crippen LogP contribution is 2.30. The lowest BCUT2D eigenvalue weighted by molar-refractivity contribution is -0.137. The molecule has 2 saturated heterocycles. The van der Waals surface area contributed by atoms with Crippen LogP contribution in [0.2, 0.25) is 0 Å². The smallest absolute Gasteiger partial charge is 0.228 e. The van der Waals surface area contributed by atoms with Gasteiger partial charge in [0.05, 0.1) is 12.0 Å². The van der Waals surface area contributed by atoms with Crippen LogP contribution < -0.4 is 10.6 Å². The Kier molecular flexibility index (Phi) is 5.19. The van der Waals surface area contributed by atoms with Gasteiger partial charge >= 0.3 is 0 Å². The fourth-order valence-electron chi connectivity index (χ4n) is 3.11. The predicted molar refractivity (Wildman–Crippen MR) is 75.1 cm³/mol. The Morgan fingerprint density at radius 1 is 1.37 bits per heavy atom. The Morgan fingerprint density at radius 3 is 2.58 bits per heavy atom. The number of methoxy groups -OCH3 is 1. The fraction of sp³-hybridized carbons (Fsp3) is 0.929. The van der Waals surface area contributed by atoms with Gasteiger partial charge in [-0.3, -0.25) is 4.79 Å². The van der Waals surface area contributed by atoms with Crippen molar-refractivity contribution >= 4 is 5.91 Å². The van der Waals surface area contributed by atoms with Gasteiger partial charge in [-0.15, -0.1) is 0 Å². The molecule has 0 spiro atoms. The third-order valence-electron chi connectivity index (χ3n) is 4.52. The van der Waals surface area contributed by atoms with Crippen molar-refractivity contribution in [3.63, 3.8) is 0 Å². The molecule has 0 bridgehead atoms. The van der Waals surface area contributed by atoms with Gasteiger partial charge in [0, 0.05) is 13.2 Å². The second kappa shape index (κ2) is 6.68. The molecule has 0 aromatic rings. The van der Waals surface area contributed by atoms with Gasteiger partial charge in [0.2, 0.25) is 5.91 Å². The van der Waals surface area contributed by atoms with Crippen molar-refractivity contribution < 1.29 is 9.53 Å². The zero-order valence-corrected chi connectivity index (χ0v) is 12.2. The first-order chi connectivity index (χ1) is 9.16. The number of hydrogen-bond donors (Lipinski definition) is 2. The summed E-state index contributed by atoms with van der Waals surface area (Å²) in [4.78, 5) is 14.9. The number of likely N-dealkylation sites (tertiary alicyclic amines) is 1. The minimum atomic E-state index is -0.316. The lowest BCUT2D eigenvalue weighted by Crippen LogP contribution is -2.54. The number of amides is 1. The summed E-state index contributed by atoms with van der Waals surface area (Å²) < 4.78 is 5.32. The summed E-state index contributed by atoms with van der Waals surface area (Å²) in [5.74, 6) is 0.199. The van der Waals surface area contributed by atoms with E-state index in [4.69, 9.17) is 4.74 Å². The van der Waals surface area contributed by atoms with Crippen molar-refractivity contribution in [3.05, 3.63) is 0 Å². The summed E-state index contributed by atoms with van der Waals surface area (Å²) in [6, 6.07) is 0.340. The number of nitrogens with one attached hydrogen (secondary N) is 2. The molecule has 0 saturated carbocycles. The van der Waals surface area contributed by atoms with Crippen LogP contribution in [0.3, 0.4) is 0 Å². The number of carbonyl (C=O) groups excluding carboxylic acids is 1. The highest BCUT2D eigenvalue weighted by Gasteiger charge is 2.40. The molecular formula is C14H27N3O2. The van der Waals surface area contributed by atoms with Crippen molar-refractivity contribution in [2.75, 3.05) is 46.9 Å². The number of piperidine rings is 2. The molecule has 110 valence electrons. The van der Waals surface area contributed by atoms with Crippen molar-refractivity contribution in [3.8, 4) is 0 Å². The molecule has 0 aromatic heterocycles. The van der Waals surface area contributed by atoms with E-state index in [1.165, 1.54) is 0 Å². The second-order valence-electron chi connectivity index (χ2n) is 6.01. The lowest BCUT2D eigenvalue weighted by atomic mass is 9.78. The third kappa shape index (κ3) is 3.68. The van der Waals surface area contributed by atoms with Crippen LogP contribution in [0.1, 0.15) is 25.7 Å². The van der Waals surface area contributed by atoms with Crippen LogP contribution in [0, 0.1) is 5.41 Å². The molecule has 2 N–H and O–H groups in total. The first-order valence-corrected chi connectivity index (χ1v) is 7.35. The molecule has 0 unspecified atom stereocenters. The normalized spacial score (nSPS) is 25.2. The molecule has 1 amide bonds. The van der Waals surface area contributed by atoms with Gasteiger partial charge in [-0.1, -0.05) is 0 Å². The molecule has 19 heavy (non-hydrogen) atoms. The number of ether oxygens (including phenoxy) is 1. The Morgan fingerprint density at radius 2 is 2.00 bits per heavy atom. The lowest BCUT2D eigenvalue weighted by Gasteiger charge is -2.38. The summed E-state index contributed by atoms with van der Waals surface area (Å²) >= 11 is 0. The highest BCUT2D eigenvalue weighted by atomic mass is 16.5. The van der Waals surface area contributed by atoms with E-state index < -0.39 is 0 Å². The van der Waals surface area contributed by atoms with Crippen LogP contribution in [0.25, 0.3) is 0 Å². The van der Waals surface area contributed by atoms with Gasteiger partial charge < -0.3 is 20.3 Å². The van der Waals surface area contributed by atoms with Crippen molar-refractivity contribution in [1.82, 2.24) is 15.5 Å². The summed E-state index contributed by atoms with van der Waals surface area (Å²) in [6.45, 7) is 4.50. The van der Waals surface area contributed by atoms with E-state index in [9.17, 15) is 4.79 Å². The van der Waals surface area contributed by atoms with Crippen molar-refractivity contribution in [1.29, 1.82) is 0 Å². The van der Waals surface area contributed by atoms with Gasteiger partial charge in [-0.2, -0.15) is 0 Å². The molecule has 2 heterocycles. The van der Waals surface area contributed by atoms with Gasteiger partial charge in [0.25, 0.3) is 0 Å². The van der Waals surface area contributed by atoms with Crippen LogP contribution in [-0.4, -0.2) is 63.8 Å². The minimum Gasteiger partial charge on any atom is -0.384 e. The minimum absolute atomic E-state index is 0.199. The summed E-state index contributed by atoms with van der Waals surface area (Å²) in [6.07, 6.45) is 3.87. The maximum atomic E-state index is 12.6. The van der Waals surface area contributed by atoms with Gasteiger partial charge in [-0.05, 0) is 58.9 Å². The number of carbonyl (C=O) groups is 1. The molecule has 0 aliphatic carbocycles. The van der Waals surface area contributed by atoms with E-state index >= 15 is 0 Å². The first-order valence-electron chi connectivity index (χ1n) is 7.35. The average Bonchev–Trinajstić information content (AvgIpc) is 2.43. The van der Waals surface area contributed by atoms with Crippen LogP contribution in [-0.2, 0) is 9.53 Å². The van der Waals surface area contributed by atoms with Gasteiger partial charge in [-0.25, -0.2) is 0 Å². The standard InChI is InChI=1S/C14H27N3O2/c1-17-9-3-12(4-10-17)16-13(18)14(11-19-2)5-7-15-8-6-14/h12,15H,3-11H2,1-2H3,(H,16,18). The summed E-state index contributed by atoms with van der Waals surface area (Å²) in [5, 5.41) is 6.58. The largest absolute Gasteiger partial charge is 0.384 e. The van der Waals surface area contributed by atoms with E-state index in [1.54, 1.807) is 7.11 Å². The molecular weight excluding hydrogens is 242 g/mol. The van der Waals surface area contributed by atoms with E-state index in [2.05, 4.69) is 22.6 Å². The second-order valence-corrected chi connectivity index (χ2v) is 6.01. The monoisotopic (exact) mass is 269 g/mol.